The summed E-state index contributed by atoms with van der Waals surface area (Å²) >= 11 is 12.7. The minimum atomic E-state index is -0.126. The van der Waals surface area contributed by atoms with Gasteiger partial charge < -0.3 is 9.13 Å². The van der Waals surface area contributed by atoms with Crippen LogP contribution in [0.5, 0.6) is 0 Å². The van der Waals surface area contributed by atoms with Crippen molar-refractivity contribution in [2.45, 2.75) is 13.1 Å². The number of hydrogen-bond donors (Lipinski definition) is 0. The molecular weight excluding hydrogens is 390 g/mol. The molecule has 26 heavy (non-hydrogen) atoms. The van der Waals surface area contributed by atoms with Crippen molar-refractivity contribution in [2.75, 3.05) is 0 Å². The van der Waals surface area contributed by atoms with Crippen molar-refractivity contribution in [3.05, 3.63) is 62.3 Å². The second kappa shape index (κ2) is 6.46. The minimum Gasteiger partial charge on any atom is -0.330 e. The van der Waals surface area contributed by atoms with Crippen LogP contribution < -0.4 is 5.56 Å². The Kier molecular flexibility index (Phi) is 4.26. The van der Waals surface area contributed by atoms with Crippen LogP contribution in [-0.4, -0.2) is 23.7 Å². The number of nitrogens with zero attached hydrogens (tertiary/aromatic N) is 5. The number of hydrogen-bond acceptors (Lipinski definition) is 5. The summed E-state index contributed by atoms with van der Waals surface area (Å²) in [7, 11) is 1.92. The predicted octanol–water partition coefficient (Wildman–Crippen LogP) is 3.76. The number of benzene rings is 1. The number of thiazole rings is 1. The summed E-state index contributed by atoms with van der Waals surface area (Å²) in [5.74, 6) is 0.750. The van der Waals surface area contributed by atoms with Crippen molar-refractivity contribution in [1.29, 1.82) is 0 Å². The molecule has 0 aliphatic heterocycles. The highest BCUT2D eigenvalue weighted by molar-refractivity contribution is 7.73. The van der Waals surface area contributed by atoms with Gasteiger partial charge in [0.2, 0.25) is 0 Å². The van der Waals surface area contributed by atoms with Crippen LogP contribution in [0.3, 0.4) is 0 Å². The Bertz CT molecular complexity index is 1280. The number of halogens is 1. The zero-order valence-electron chi connectivity index (χ0n) is 13.8. The van der Waals surface area contributed by atoms with Crippen LogP contribution in [0, 0.1) is 3.95 Å². The van der Waals surface area contributed by atoms with Gasteiger partial charge in [0.1, 0.15) is 16.9 Å². The Labute approximate surface area is 162 Å². The fraction of sp³-hybridized carbons (Fsp3) is 0.176. The molecule has 0 amide bonds. The van der Waals surface area contributed by atoms with E-state index < -0.39 is 0 Å². The maximum absolute atomic E-state index is 12.9. The summed E-state index contributed by atoms with van der Waals surface area (Å²) < 4.78 is 6.47. The van der Waals surface area contributed by atoms with Crippen LogP contribution in [0.15, 0.2) is 42.0 Å². The standard InChI is InChI=1S/C17H14ClN5OS2/c1-3-6-23-15-14(26-17(23)25)16(24)22(9-19-15)8-13-20-11-7-10(18)4-5-12(11)21(13)2/h3-5,7,9H,1,6,8H2,2H3. The second-order valence-electron chi connectivity index (χ2n) is 5.82. The maximum atomic E-state index is 12.9. The van der Waals surface area contributed by atoms with E-state index in [0.717, 1.165) is 16.9 Å². The molecule has 0 unspecified atom stereocenters. The smallest absolute Gasteiger partial charge is 0.273 e. The molecular formula is C17H14ClN5OS2. The lowest BCUT2D eigenvalue weighted by Gasteiger charge is -2.06. The number of aromatic nitrogens is 5. The highest BCUT2D eigenvalue weighted by Gasteiger charge is 2.14. The zero-order chi connectivity index (χ0) is 18.4. The van der Waals surface area contributed by atoms with E-state index in [-0.39, 0.29) is 5.56 Å². The molecule has 1 aromatic carbocycles. The largest absolute Gasteiger partial charge is 0.330 e. The molecule has 132 valence electrons. The molecule has 0 radical (unpaired) electrons. The van der Waals surface area contributed by atoms with Crippen molar-refractivity contribution < 1.29 is 0 Å². The average molecular weight is 404 g/mol. The van der Waals surface area contributed by atoms with Crippen LogP contribution in [-0.2, 0) is 20.1 Å². The Morgan fingerprint density at radius 2 is 2.23 bits per heavy atom. The van der Waals surface area contributed by atoms with Gasteiger partial charge in [0.25, 0.3) is 5.56 Å². The van der Waals surface area contributed by atoms with E-state index in [0.29, 0.717) is 32.4 Å². The molecule has 0 aliphatic carbocycles. The van der Waals surface area contributed by atoms with E-state index >= 15 is 0 Å². The normalized spacial score (nSPS) is 11.5. The molecule has 4 rings (SSSR count). The minimum absolute atomic E-state index is 0.126. The first-order chi connectivity index (χ1) is 12.5. The molecule has 0 aliphatic rings. The maximum Gasteiger partial charge on any atom is 0.273 e. The van der Waals surface area contributed by atoms with Gasteiger partial charge in [0.05, 0.1) is 17.6 Å². The third kappa shape index (κ3) is 2.70. The van der Waals surface area contributed by atoms with Crippen molar-refractivity contribution >= 4 is 56.5 Å². The summed E-state index contributed by atoms with van der Waals surface area (Å²) in [5, 5.41) is 0.630. The van der Waals surface area contributed by atoms with Crippen LogP contribution in [0.1, 0.15) is 5.82 Å². The van der Waals surface area contributed by atoms with Gasteiger partial charge in [0, 0.05) is 18.6 Å². The summed E-state index contributed by atoms with van der Waals surface area (Å²) in [6.07, 6.45) is 3.28. The lowest BCUT2D eigenvalue weighted by atomic mass is 10.3. The molecule has 0 saturated carbocycles. The fourth-order valence-corrected chi connectivity index (χ4v) is 4.37. The van der Waals surface area contributed by atoms with E-state index in [1.807, 2.05) is 34.4 Å². The molecule has 3 heterocycles. The second-order valence-corrected chi connectivity index (χ2v) is 7.90. The van der Waals surface area contributed by atoms with Crippen molar-refractivity contribution in [3.8, 4) is 0 Å². The summed E-state index contributed by atoms with van der Waals surface area (Å²) in [6, 6.07) is 5.55. The zero-order valence-corrected chi connectivity index (χ0v) is 16.2. The highest BCUT2D eigenvalue weighted by atomic mass is 35.5. The third-order valence-corrected chi connectivity index (χ3v) is 5.86. The van der Waals surface area contributed by atoms with Crippen molar-refractivity contribution in [1.82, 2.24) is 23.7 Å². The summed E-state index contributed by atoms with van der Waals surface area (Å²) in [5.41, 5.74) is 2.22. The summed E-state index contributed by atoms with van der Waals surface area (Å²) in [4.78, 5) is 21.9. The molecule has 6 nitrogen and oxygen atoms in total. The predicted molar refractivity (Wildman–Crippen MR) is 108 cm³/mol. The highest BCUT2D eigenvalue weighted by Crippen LogP contribution is 2.21. The van der Waals surface area contributed by atoms with Gasteiger partial charge in [-0.15, -0.1) is 6.58 Å². The van der Waals surface area contributed by atoms with Crippen molar-refractivity contribution in [2.24, 2.45) is 7.05 Å². The number of imidazole rings is 1. The number of aryl methyl sites for hydroxylation is 1. The topological polar surface area (TPSA) is 57.6 Å². The first-order valence-electron chi connectivity index (χ1n) is 7.80. The number of fused-ring (bicyclic) bond motifs is 2. The number of rotatable bonds is 4. The van der Waals surface area contributed by atoms with Gasteiger partial charge in [-0.2, -0.15) is 0 Å². The van der Waals surface area contributed by atoms with Crippen LogP contribution >= 0.6 is 35.2 Å². The van der Waals surface area contributed by atoms with Crippen LogP contribution in [0.4, 0.5) is 0 Å². The molecule has 0 saturated heterocycles. The first-order valence-corrected chi connectivity index (χ1v) is 9.40. The quantitative estimate of drug-likeness (QED) is 0.384. The molecule has 3 aromatic heterocycles. The van der Waals surface area contributed by atoms with Gasteiger partial charge in [-0.1, -0.05) is 29.0 Å². The van der Waals surface area contributed by atoms with E-state index in [1.54, 1.807) is 10.6 Å². The Morgan fingerprint density at radius 1 is 1.42 bits per heavy atom. The molecule has 0 N–H and O–H groups in total. The lowest BCUT2D eigenvalue weighted by Crippen LogP contribution is -2.22. The van der Waals surface area contributed by atoms with Gasteiger partial charge >= 0.3 is 0 Å². The number of allylic oxidation sites excluding steroid dienone is 1. The Morgan fingerprint density at radius 3 is 3.00 bits per heavy atom. The van der Waals surface area contributed by atoms with Gasteiger partial charge in [-0.25, -0.2) is 9.97 Å². The van der Waals surface area contributed by atoms with E-state index in [2.05, 4.69) is 16.5 Å². The SMILES string of the molecule is C=CCn1c(=S)sc2c(=O)n(Cc3nc4cc(Cl)ccc4n3C)cnc21. The van der Waals surface area contributed by atoms with E-state index in [1.165, 1.54) is 17.7 Å². The van der Waals surface area contributed by atoms with Gasteiger partial charge in [-0.05, 0) is 30.4 Å². The van der Waals surface area contributed by atoms with Gasteiger partial charge in [0.15, 0.2) is 9.60 Å². The Hall–Kier alpha value is -2.29. The summed E-state index contributed by atoms with van der Waals surface area (Å²) in [6.45, 7) is 4.57. The third-order valence-electron chi connectivity index (χ3n) is 4.20. The van der Waals surface area contributed by atoms with E-state index in [9.17, 15) is 4.79 Å². The van der Waals surface area contributed by atoms with Crippen molar-refractivity contribution in [3.63, 3.8) is 0 Å². The average Bonchev–Trinajstić information content (AvgIpc) is 3.09. The van der Waals surface area contributed by atoms with Crippen LogP contribution in [0.25, 0.3) is 21.4 Å². The lowest BCUT2D eigenvalue weighted by molar-refractivity contribution is 0.677. The first kappa shape index (κ1) is 17.1. The molecule has 0 spiro atoms. The molecule has 4 aromatic rings. The van der Waals surface area contributed by atoms with Crippen LogP contribution in [0.2, 0.25) is 5.02 Å². The molecule has 0 bridgehead atoms. The Balaban J connectivity index is 1.82. The van der Waals surface area contributed by atoms with Gasteiger partial charge in [-0.3, -0.25) is 9.36 Å². The molecule has 0 fully saturated rings. The fourth-order valence-electron chi connectivity index (χ4n) is 2.89. The monoisotopic (exact) mass is 403 g/mol. The molecule has 9 heteroatoms. The van der Waals surface area contributed by atoms with E-state index in [4.69, 9.17) is 23.8 Å². The molecule has 0 atom stereocenters.